The van der Waals surface area contributed by atoms with E-state index in [2.05, 4.69) is 31.1 Å². The summed E-state index contributed by atoms with van der Waals surface area (Å²) in [5.41, 5.74) is 0. The van der Waals surface area contributed by atoms with Crippen LogP contribution >= 0.6 is 11.3 Å². The number of nitrogens with zero attached hydrogens (tertiary/aromatic N) is 2. The summed E-state index contributed by atoms with van der Waals surface area (Å²) in [4.78, 5) is 19.0. The van der Waals surface area contributed by atoms with E-state index in [1.807, 2.05) is 18.1 Å². The van der Waals surface area contributed by atoms with Gasteiger partial charge in [0.1, 0.15) is 0 Å². The first-order valence-electron chi connectivity index (χ1n) is 5.47. The van der Waals surface area contributed by atoms with E-state index >= 15 is 0 Å². The maximum Gasteiger partial charge on any atom is 0.240 e. The van der Waals surface area contributed by atoms with Gasteiger partial charge < -0.3 is 5.32 Å². The van der Waals surface area contributed by atoms with Crippen molar-refractivity contribution >= 4 is 22.4 Å². The summed E-state index contributed by atoms with van der Waals surface area (Å²) in [5.74, 6) is -0.00629. The molecule has 0 aromatic carbocycles. The maximum absolute atomic E-state index is 11.6. The fourth-order valence-electron chi connectivity index (χ4n) is 1.10. The second-order valence-electron chi connectivity index (χ2n) is 4.04. The van der Waals surface area contributed by atoms with Crippen molar-refractivity contribution in [1.29, 1.82) is 0 Å². The van der Waals surface area contributed by atoms with Gasteiger partial charge in [-0.1, -0.05) is 6.92 Å². The Balaban J connectivity index is 2.45. The third kappa shape index (κ3) is 3.90. The zero-order valence-electron chi connectivity index (χ0n) is 10.3. The van der Waals surface area contributed by atoms with Crippen LogP contribution in [0.15, 0.2) is 6.20 Å². The molecule has 4 nitrogen and oxygen atoms in total. The standard InChI is InChI=1S/C11H19N3OS/c1-5-9-6-12-11(16-9)13-10(15)7-14(4)8(2)3/h6,8H,5,7H2,1-4H3,(H,12,13,15). The number of anilines is 1. The highest BCUT2D eigenvalue weighted by molar-refractivity contribution is 7.15. The van der Waals surface area contributed by atoms with Gasteiger partial charge in [-0.2, -0.15) is 0 Å². The summed E-state index contributed by atoms with van der Waals surface area (Å²) < 4.78 is 0. The molecule has 0 radical (unpaired) electrons. The number of hydrogen-bond donors (Lipinski definition) is 1. The van der Waals surface area contributed by atoms with Crippen molar-refractivity contribution in [1.82, 2.24) is 9.88 Å². The number of aryl methyl sites for hydroxylation is 1. The van der Waals surface area contributed by atoms with E-state index in [0.29, 0.717) is 17.7 Å². The van der Waals surface area contributed by atoms with Crippen LogP contribution in [0, 0.1) is 0 Å². The summed E-state index contributed by atoms with van der Waals surface area (Å²) in [6.07, 6.45) is 2.77. The molecule has 0 fully saturated rings. The normalized spacial score (nSPS) is 11.1. The fourth-order valence-corrected chi connectivity index (χ4v) is 1.87. The lowest BCUT2D eigenvalue weighted by Crippen LogP contribution is -2.34. The van der Waals surface area contributed by atoms with Gasteiger partial charge >= 0.3 is 0 Å². The Morgan fingerprint density at radius 1 is 1.62 bits per heavy atom. The van der Waals surface area contributed by atoms with Crippen molar-refractivity contribution in [3.63, 3.8) is 0 Å². The average Bonchev–Trinajstić information content (AvgIpc) is 2.65. The molecule has 1 N–H and O–H groups in total. The molecule has 90 valence electrons. The molecule has 5 heteroatoms. The molecule has 0 saturated heterocycles. The Morgan fingerprint density at radius 2 is 2.31 bits per heavy atom. The summed E-state index contributed by atoms with van der Waals surface area (Å²) in [6, 6.07) is 0.369. The van der Waals surface area contributed by atoms with E-state index in [1.54, 1.807) is 0 Å². The van der Waals surface area contributed by atoms with E-state index in [0.717, 1.165) is 6.42 Å². The van der Waals surface area contributed by atoms with Crippen LogP contribution in [0.2, 0.25) is 0 Å². The van der Waals surface area contributed by atoms with Crippen LogP contribution < -0.4 is 5.32 Å². The monoisotopic (exact) mass is 241 g/mol. The summed E-state index contributed by atoms with van der Waals surface area (Å²) in [5, 5.41) is 3.50. The van der Waals surface area contributed by atoms with Gasteiger partial charge in [-0.05, 0) is 27.3 Å². The zero-order valence-corrected chi connectivity index (χ0v) is 11.1. The highest BCUT2D eigenvalue weighted by atomic mass is 32.1. The van der Waals surface area contributed by atoms with Crippen molar-refractivity contribution in [2.45, 2.75) is 33.2 Å². The van der Waals surface area contributed by atoms with Crippen molar-refractivity contribution in [3.05, 3.63) is 11.1 Å². The molecule has 16 heavy (non-hydrogen) atoms. The zero-order chi connectivity index (χ0) is 12.1. The SMILES string of the molecule is CCc1cnc(NC(=O)CN(C)C(C)C)s1. The first kappa shape index (κ1) is 13.1. The van der Waals surface area contributed by atoms with Crippen LogP contribution in [0.4, 0.5) is 5.13 Å². The van der Waals surface area contributed by atoms with E-state index < -0.39 is 0 Å². The molecule has 0 unspecified atom stereocenters. The highest BCUT2D eigenvalue weighted by Gasteiger charge is 2.10. The Labute approximate surface area is 101 Å². The molecular weight excluding hydrogens is 222 g/mol. The summed E-state index contributed by atoms with van der Waals surface area (Å²) in [6.45, 7) is 6.60. The molecule has 0 aliphatic rings. The molecule has 0 saturated carbocycles. The Morgan fingerprint density at radius 3 is 2.81 bits per heavy atom. The first-order chi connectivity index (χ1) is 7.52. The van der Waals surface area contributed by atoms with E-state index in [4.69, 9.17) is 0 Å². The number of hydrogen-bond acceptors (Lipinski definition) is 4. The number of likely N-dealkylation sites (N-methyl/N-ethyl adjacent to an activating group) is 1. The van der Waals surface area contributed by atoms with Crippen molar-refractivity contribution in [2.75, 3.05) is 18.9 Å². The van der Waals surface area contributed by atoms with Crippen LogP contribution in [-0.2, 0) is 11.2 Å². The number of aromatic nitrogens is 1. The van der Waals surface area contributed by atoms with Gasteiger partial charge in [0.25, 0.3) is 0 Å². The molecule has 0 spiro atoms. The minimum absolute atomic E-state index is 0.00629. The van der Waals surface area contributed by atoms with Crippen molar-refractivity contribution in [3.8, 4) is 0 Å². The average molecular weight is 241 g/mol. The van der Waals surface area contributed by atoms with Gasteiger partial charge in [-0.3, -0.25) is 9.69 Å². The van der Waals surface area contributed by atoms with Gasteiger partial charge in [0.15, 0.2) is 5.13 Å². The van der Waals surface area contributed by atoms with Gasteiger partial charge in [0, 0.05) is 17.1 Å². The van der Waals surface area contributed by atoms with Crippen molar-refractivity contribution < 1.29 is 4.79 Å². The number of carbonyl (C=O) groups excluding carboxylic acids is 1. The lowest BCUT2D eigenvalue weighted by molar-refractivity contribution is -0.117. The molecule has 1 amide bonds. The molecule has 0 aliphatic carbocycles. The van der Waals surface area contributed by atoms with Gasteiger partial charge in [0.05, 0.1) is 6.54 Å². The fraction of sp³-hybridized carbons (Fsp3) is 0.636. The van der Waals surface area contributed by atoms with Gasteiger partial charge in [-0.25, -0.2) is 4.98 Å². The first-order valence-corrected chi connectivity index (χ1v) is 6.29. The third-order valence-electron chi connectivity index (χ3n) is 2.42. The Bertz CT molecular complexity index is 349. The number of amides is 1. The lowest BCUT2D eigenvalue weighted by Gasteiger charge is -2.19. The van der Waals surface area contributed by atoms with Crippen LogP contribution in [-0.4, -0.2) is 35.4 Å². The van der Waals surface area contributed by atoms with E-state index in [-0.39, 0.29) is 5.91 Å². The van der Waals surface area contributed by atoms with Crippen LogP contribution in [0.1, 0.15) is 25.6 Å². The quantitative estimate of drug-likeness (QED) is 0.857. The summed E-state index contributed by atoms with van der Waals surface area (Å²) in [7, 11) is 1.93. The number of nitrogens with one attached hydrogen (secondary N) is 1. The minimum Gasteiger partial charge on any atom is -0.301 e. The lowest BCUT2D eigenvalue weighted by atomic mass is 10.3. The number of rotatable bonds is 5. The molecular formula is C11H19N3OS. The second-order valence-corrected chi connectivity index (χ2v) is 5.16. The molecule has 0 atom stereocenters. The van der Waals surface area contributed by atoms with E-state index in [1.165, 1.54) is 16.2 Å². The Kier molecular flexibility index (Phi) is 4.89. The smallest absolute Gasteiger partial charge is 0.240 e. The maximum atomic E-state index is 11.6. The van der Waals surface area contributed by atoms with Crippen LogP contribution in [0.5, 0.6) is 0 Å². The predicted octanol–water partition coefficient (Wildman–Crippen LogP) is 1.98. The molecule has 1 aromatic heterocycles. The van der Waals surface area contributed by atoms with Gasteiger partial charge in [0.2, 0.25) is 5.91 Å². The largest absolute Gasteiger partial charge is 0.301 e. The molecule has 1 rings (SSSR count). The Hall–Kier alpha value is -0.940. The molecule has 0 aliphatic heterocycles. The van der Waals surface area contributed by atoms with Crippen LogP contribution in [0.25, 0.3) is 0 Å². The molecule has 1 aromatic rings. The van der Waals surface area contributed by atoms with Gasteiger partial charge in [-0.15, -0.1) is 11.3 Å². The van der Waals surface area contributed by atoms with Crippen molar-refractivity contribution in [2.24, 2.45) is 0 Å². The third-order valence-corrected chi connectivity index (χ3v) is 3.48. The topological polar surface area (TPSA) is 45.2 Å². The highest BCUT2D eigenvalue weighted by Crippen LogP contribution is 2.18. The number of carbonyl (C=O) groups is 1. The number of thiazole rings is 1. The second kappa shape index (κ2) is 5.96. The summed E-state index contributed by atoms with van der Waals surface area (Å²) >= 11 is 1.54. The minimum atomic E-state index is -0.00629. The van der Waals surface area contributed by atoms with E-state index in [9.17, 15) is 4.79 Å². The molecule has 1 heterocycles. The predicted molar refractivity (Wildman–Crippen MR) is 67.9 cm³/mol. The molecule has 0 bridgehead atoms. The van der Waals surface area contributed by atoms with Crippen LogP contribution in [0.3, 0.4) is 0 Å².